The Bertz CT molecular complexity index is 1280. The lowest BCUT2D eigenvalue weighted by molar-refractivity contribution is -0.187. The van der Waals surface area contributed by atoms with Crippen molar-refractivity contribution in [1.29, 1.82) is 5.26 Å². The molecule has 2 nitrogen and oxygen atoms in total. The van der Waals surface area contributed by atoms with Crippen molar-refractivity contribution in [2.24, 2.45) is 11.8 Å². The molecule has 0 heterocycles. The van der Waals surface area contributed by atoms with Gasteiger partial charge in [0.1, 0.15) is 17.7 Å². The molecule has 3 aromatic rings. The highest BCUT2D eigenvalue weighted by molar-refractivity contribution is 5.65. The van der Waals surface area contributed by atoms with E-state index in [-0.39, 0.29) is 16.7 Å². The first-order valence-electron chi connectivity index (χ1n) is 12.0. The third kappa shape index (κ3) is 5.87. The van der Waals surface area contributed by atoms with Crippen LogP contribution in [-0.4, -0.2) is 0 Å². The van der Waals surface area contributed by atoms with Crippen LogP contribution in [0.5, 0.6) is 5.75 Å². The van der Waals surface area contributed by atoms with Crippen molar-refractivity contribution < 1.29 is 26.7 Å². The van der Waals surface area contributed by atoms with Gasteiger partial charge in [-0.3, -0.25) is 0 Å². The van der Waals surface area contributed by atoms with Gasteiger partial charge in [0.05, 0.1) is 11.1 Å². The van der Waals surface area contributed by atoms with E-state index in [0.29, 0.717) is 24.0 Å². The van der Waals surface area contributed by atoms with Gasteiger partial charge >= 0.3 is 6.11 Å². The summed E-state index contributed by atoms with van der Waals surface area (Å²) in [6.07, 6.45) is 2.31. The van der Waals surface area contributed by atoms with Crippen LogP contribution in [0.1, 0.15) is 55.7 Å². The minimum Gasteiger partial charge on any atom is -0.426 e. The van der Waals surface area contributed by atoms with Gasteiger partial charge in [-0.2, -0.15) is 14.0 Å². The van der Waals surface area contributed by atoms with Crippen molar-refractivity contribution in [3.8, 4) is 22.9 Å². The Morgan fingerprint density at radius 1 is 0.889 bits per heavy atom. The first kappa shape index (κ1) is 25.7. The van der Waals surface area contributed by atoms with Crippen LogP contribution < -0.4 is 4.74 Å². The SMILES string of the molecule is CC1CCC(CCc2ccc(OC(F)(F)c3ccc(-c4ccc(C#N)c(F)c4)c(F)c3)c(F)c2)CC1. The number of benzene rings is 3. The van der Waals surface area contributed by atoms with E-state index in [1.165, 1.54) is 37.1 Å². The number of hydrogen-bond donors (Lipinski definition) is 0. The molecule has 0 spiro atoms. The molecule has 0 aliphatic heterocycles. The van der Waals surface area contributed by atoms with Gasteiger partial charge in [0.25, 0.3) is 0 Å². The van der Waals surface area contributed by atoms with E-state index in [1.807, 2.05) is 0 Å². The summed E-state index contributed by atoms with van der Waals surface area (Å²) >= 11 is 0. The quantitative estimate of drug-likeness (QED) is 0.305. The van der Waals surface area contributed by atoms with Crippen molar-refractivity contribution >= 4 is 0 Å². The van der Waals surface area contributed by atoms with Crippen LogP contribution >= 0.6 is 0 Å². The van der Waals surface area contributed by atoms with Crippen LogP contribution in [0.4, 0.5) is 22.0 Å². The smallest absolute Gasteiger partial charge is 0.426 e. The Morgan fingerprint density at radius 3 is 2.28 bits per heavy atom. The summed E-state index contributed by atoms with van der Waals surface area (Å²) < 4.78 is 77.3. The number of alkyl halides is 2. The molecule has 7 heteroatoms. The third-order valence-corrected chi connectivity index (χ3v) is 6.92. The molecule has 1 saturated carbocycles. The Kier molecular flexibility index (Phi) is 7.63. The second-order valence-corrected chi connectivity index (χ2v) is 9.55. The van der Waals surface area contributed by atoms with Gasteiger partial charge in [-0.05, 0) is 72.2 Å². The Balaban J connectivity index is 1.45. The standard InChI is InChI=1S/C29H26F5NO/c1-18-2-4-19(5-3-18)6-7-20-8-13-28(27(32)14-20)36-29(33,34)23-11-12-24(26(31)16-23)21-9-10-22(17-35)25(30)15-21/h8-16,18-19H,2-7H2,1H3. The Morgan fingerprint density at radius 2 is 1.64 bits per heavy atom. The summed E-state index contributed by atoms with van der Waals surface area (Å²) in [5, 5.41) is 8.82. The lowest BCUT2D eigenvalue weighted by Crippen LogP contribution is -2.22. The molecule has 0 saturated heterocycles. The average Bonchev–Trinajstić information content (AvgIpc) is 2.85. The zero-order valence-electron chi connectivity index (χ0n) is 19.8. The minimum atomic E-state index is -4.00. The molecule has 4 rings (SSSR count). The molecule has 0 unspecified atom stereocenters. The summed E-state index contributed by atoms with van der Waals surface area (Å²) in [4.78, 5) is 0. The first-order chi connectivity index (χ1) is 17.2. The lowest BCUT2D eigenvalue weighted by Gasteiger charge is -2.26. The largest absolute Gasteiger partial charge is 0.426 e. The molecule has 1 aliphatic rings. The van der Waals surface area contributed by atoms with Gasteiger partial charge in [0.2, 0.25) is 0 Å². The summed E-state index contributed by atoms with van der Waals surface area (Å²) in [7, 11) is 0. The van der Waals surface area contributed by atoms with E-state index in [1.54, 1.807) is 12.1 Å². The molecule has 0 bridgehead atoms. The number of halogens is 5. The van der Waals surface area contributed by atoms with Gasteiger partial charge < -0.3 is 4.74 Å². The summed E-state index contributed by atoms with van der Waals surface area (Å²) in [6, 6.07) is 11.6. The van der Waals surface area contributed by atoms with Crippen LogP contribution in [0.15, 0.2) is 54.6 Å². The van der Waals surface area contributed by atoms with E-state index in [9.17, 15) is 22.0 Å². The molecule has 36 heavy (non-hydrogen) atoms. The average molecular weight is 500 g/mol. The molecule has 3 aromatic carbocycles. The van der Waals surface area contributed by atoms with Crippen molar-refractivity contribution in [3.05, 3.63) is 88.7 Å². The van der Waals surface area contributed by atoms with Crippen LogP contribution in [0, 0.1) is 40.6 Å². The molecule has 0 atom stereocenters. The van der Waals surface area contributed by atoms with Crippen molar-refractivity contribution in [2.45, 2.75) is 51.6 Å². The maximum Gasteiger partial charge on any atom is 0.426 e. The third-order valence-electron chi connectivity index (χ3n) is 6.92. The molecule has 0 amide bonds. The van der Waals surface area contributed by atoms with Crippen molar-refractivity contribution in [1.82, 2.24) is 0 Å². The van der Waals surface area contributed by atoms with Gasteiger partial charge in [-0.1, -0.05) is 50.8 Å². The molecular weight excluding hydrogens is 473 g/mol. The summed E-state index contributed by atoms with van der Waals surface area (Å²) in [6.45, 7) is 2.25. The highest BCUT2D eigenvalue weighted by atomic mass is 19.3. The molecule has 1 fully saturated rings. The Labute approximate surface area is 207 Å². The van der Waals surface area contributed by atoms with Crippen molar-refractivity contribution in [3.63, 3.8) is 0 Å². The molecule has 0 N–H and O–H groups in total. The van der Waals surface area contributed by atoms with Gasteiger partial charge in [0, 0.05) is 5.56 Å². The molecule has 0 aromatic heterocycles. The van der Waals surface area contributed by atoms with Crippen LogP contribution in [0.25, 0.3) is 11.1 Å². The molecule has 188 valence electrons. The van der Waals surface area contributed by atoms with E-state index < -0.39 is 34.9 Å². The van der Waals surface area contributed by atoms with Gasteiger partial charge in [-0.25, -0.2) is 13.2 Å². The van der Waals surface area contributed by atoms with E-state index >= 15 is 0 Å². The van der Waals surface area contributed by atoms with E-state index in [4.69, 9.17) is 5.26 Å². The van der Waals surface area contributed by atoms with Gasteiger partial charge in [0.15, 0.2) is 11.6 Å². The second-order valence-electron chi connectivity index (χ2n) is 9.55. The number of nitrogens with zero attached hydrogens (tertiary/aromatic N) is 1. The summed E-state index contributed by atoms with van der Waals surface area (Å²) in [5.41, 5.74) is -0.350. The monoisotopic (exact) mass is 499 g/mol. The fraction of sp³-hybridized carbons (Fsp3) is 0.345. The number of ether oxygens (including phenoxy) is 1. The number of rotatable bonds is 7. The number of aryl methyl sites for hydroxylation is 1. The predicted octanol–water partition coefficient (Wildman–Crippen LogP) is 8.53. The zero-order valence-corrected chi connectivity index (χ0v) is 19.8. The maximum absolute atomic E-state index is 14.8. The Hall–Kier alpha value is -3.40. The predicted molar refractivity (Wildman–Crippen MR) is 127 cm³/mol. The zero-order chi connectivity index (χ0) is 25.9. The van der Waals surface area contributed by atoms with E-state index in [2.05, 4.69) is 11.7 Å². The van der Waals surface area contributed by atoms with Crippen LogP contribution in [-0.2, 0) is 12.5 Å². The van der Waals surface area contributed by atoms with Gasteiger partial charge in [-0.15, -0.1) is 0 Å². The molecule has 1 aliphatic carbocycles. The fourth-order valence-corrected chi connectivity index (χ4v) is 4.67. The van der Waals surface area contributed by atoms with Crippen molar-refractivity contribution in [2.75, 3.05) is 0 Å². The normalized spacial score (nSPS) is 18.0. The molecule has 0 radical (unpaired) electrons. The first-order valence-corrected chi connectivity index (χ1v) is 12.0. The highest BCUT2D eigenvalue weighted by Crippen LogP contribution is 2.36. The number of hydrogen-bond acceptors (Lipinski definition) is 2. The maximum atomic E-state index is 14.8. The minimum absolute atomic E-state index is 0.0872. The topological polar surface area (TPSA) is 33.0 Å². The highest BCUT2D eigenvalue weighted by Gasteiger charge is 2.36. The second kappa shape index (κ2) is 10.7. The van der Waals surface area contributed by atoms with Crippen LogP contribution in [0.3, 0.4) is 0 Å². The fourth-order valence-electron chi connectivity index (χ4n) is 4.67. The number of nitriles is 1. The van der Waals surface area contributed by atoms with Crippen LogP contribution in [0.2, 0.25) is 0 Å². The molecular formula is C29H26F5NO. The summed E-state index contributed by atoms with van der Waals surface area (Å²) in [5.74, 6) is -2.07. The lowest BCUT2D eigenvalue weighted by atomic mass is 9.80. The van der Waals surface area contributed by atoms with E-state index in [0.717, 1.165) is 43.4 Å².